The summed E-state index contributed by atoms with van der Waals surface area (Å²) in [6.45, 7) is 3.01. The van der Waals surface area contributed by atoms with E-state index < -0.39 is 0 Å². The molecule has 150 valence electrons. The van der Waals surface area contributed by atoms with E-state index in [1.807, 2.05) is 19.1 Å². The van der Waals surface area contributed by atoms with Gasteiger partial charge in [0.15, 0.2) is 0 Å². The fourth-order valence-electron chi connectivity index (χ4n) is 3.48. The molecule has 1 fully saturated rings. The molecule has 1 aliphatic heterocycles. The van der Waals surface area contributed by atoms with E-state index in [4.69, 9.17) is 14.0 Å². The number of ether oxygens (including phenoxy) is 2. The number of aromatic nitrogens is 3. The van der Waals surface area contributed by atoms with Crippen LogP contribution in [-0.2, 0) is 0 Å². The largest absolute Gasteiger partial charge is 0.497 e. The molecule has 0 bridgehead atoms. The molecular weight excluding hydrogens is 372 g/mol. The lowest BCUT2D eigenvalue weighted by Crippen LogP contribution is -2.30. The van der Waals surface area contributed by atoms with E-state index in [1.54, 1.807) is 42.5 Å². The van der Waals surface area contributed by atoms with Crippen LogP contribution in [0.3, 0.4) is 0 Å². The van der Waals surface area contributed by atoms with Crippen molar-refractivity contribution in [2.75, 3.05) is 20.3 Å². The summed E-state index contributed by atoms with van der Waals surface area (Å²) >= 11 is 0. The third kappa shape index (κ3) is 3.78. The number of carbonyl (C=O) groups is 1. The molecule has 29 heavy (non-hydrogen) atoms. The summed E-state index contributed by atoms with van der Waals surface area (Å²) in [5.74, 6) is 1.84. The highest BCUT2D eigenvalue weighted by Gasteiger charge is 2.35. The Morgan fingerprint density at radius 3 is 3.03 bits per heavy atom. The van der Waals surface area contributed by atoms with Crippen molar-refractivity contribution in [1.82, 2.24) is 20.0 Å². The van der Waals surface area contributed by atoms with Crippen LogP contribution in [0.25, 0.3) is 11.4 Å². The molecule has 1 saturated heterocycles. The van der Waals surface area contributed by atoms with Crippen LogP contribution in [0.4, 0.5) is 0 Å². The summed E-state index contributed by atoms with van der Waals surface area (Å²) in [6.07, 6.45) is 3.29. The number of methoxy groups -OCH3 is 1. The smallest absolute Gasteiger partial charge is 0.254 e. The molecule has 1 atom stereocenters. The summed E-state index contributed by atoms with van der Waals surface area (Å²) in [5, 5.41) is 4.10. The summed E-state index contributed by atoms with van der Waals surface area (Å²) in [6, 6.07) is 10.5. The van der Waals surface area contributed by atoms with Gasteiger partial charge in [0, 0.05) is 18.3 Å². The minimum atomic E-state index is -0.262. The molecule has 0 saturated carbocycles. The van der Waals surface area contributed by atoms with Crippen LogP contribution in [0.15, 0.2) is 47.1 Å². The normalized spacial score (nSPS) is 16.1. The zero-order valence-electron chi connectivity index (χ0n) is 16.4. The molecule has 0 spiro atoms. The van der Waals surface area contributed by atoms with Crippen molar-refractivity contribution in [3.8, 4) is 23.0 Å². The Morgan fingerprint density at radius 2 is 2.21 bits per heavy atom. The van der Waals surface area contributed by atoms with Crippen molar-refractivity contribution in [3.63, 3.8) is 0 Å². The Bertz CT molecular complexity index is 1000. The molecule has 1 amide bonds. The molecule has 1 aliphatic rings. The Hall–Kier alpha value is -3.42. The van der Waals surface area contributed by atoms with Crippen LogP contribution in [0.2, 0.25) is 0 Å². The number of likely N-dealkylation sites (tertiary alicyclic amines) is 1. The summed E-state index contributed by atoms with van der Waals surface area (Å²) < 4.78 is 16.3. The third-order valence-electron chi connectivity index (χ3n) is 4.85. The number of amides is 1. The lowest BCUT2D eigenvalue weighted by atomic mass is 10.1. The maximum absolute atomic E-state index is 13.1. The van der Waals surface area contributed by atoms with Crippen molar-refractivity contribution in [3.05, 3.63) is 54.0 Å². The van der Waals surface area contributed by atoms with Gasteiger partial charge in [0.25, 0.3) is 5.91 Å². The van der Waals surface area contributed by atoms with Gasteiger partial charge in [-0.25, -0.2) is 4.98 Å². The van der Waals surface area contributed by atoms with Crippen LogP contribution in [0.5, 0.6) is 11.6 Å². The zero-order valence-corrected chi connectivity index (χ0v) is 16.4. The van der Waals surface area contributed by atoms with Crippen LogP contribution < -0.4 is 9.47 Å². The second kappa shape index (κ2) is 8.30. The minimum absolute atomic E-state index is 0.0810. The molecule has 1 aromatic carbocycles. The Balaban J connectivity index is 1.59. The van der Waals surface area contributed by atoms with Gasteiger partial charge >= 0.3 is 0 Å². The van der Waals surface area contributed by atoms with Gasteiger partial charge in [0.2, 0.25) is 17.6 Å². The van der Waals surface area contributed by atoms with Crippen LogP contribution >= 0.6 is 0 Å². The quantitative estimate of drug-likeness (QED) is 0.632. The van der Waals surface area contributed by atoms with E-state index in [1.165, 1.54) is 0 Å². The SMILES string of the molecule is CCOc1ncccc1-c1noc([C@@H]2CCCN2C(=O)c2cccc(OC)c2)n1. The molecule has 0 aliphatic carbocycles. The summed E-state index contributed by atoms with van der Waals surface area (Å²) in [7, 11) is 1.58. The van der Waals surface area contributed by atoms with E-state index in [9.17, 15) is 4.79 Å². The molecule has 8 nitrogen and oxygen atoms in total. The van der Waals surface area contributed by atoms with Crippen LogP contribution in [0, 0.1) is 0 Å². The zero-order chi connectivity index (χ0) is 20.2. The topological polar surface area (TPSA) is 90.6 Å². The molecule has 0 N–H and O–H groups in total. The predicted molar refractivity (Wildman–Crippen MR) is 105 cm³/mol. The van der Waals surface area contributed by atoms with Crippen molar-refractivity contribution < 1.29 is 18.8 Å². The maximum Gasteiger partial charge on any atom is 0.254 e. The minimum Gasteiger partial charge on any atom is -0.497 e. The Morgan fingerprint density at radius 1 is 1.31 bits per heavy atom. The van der Waals surface area contributed by atoms with Crippen LogP contribution in [-0.4, -0.2) is 46.2 Å². The first kappa shape index (κ1) is 18.9. The number of hydrogen-bond donors (Lipinski definition) is 0. The third-order valence-corrected chi connectivity index (χ3v) is 4.85. The number of pyridine rings is 1. The molecule has 3 heterocycles. The number of carbonyl (C=O) groups excluding carboxylic acids is 1. The van der Waals surface area contributed by atoms with Gasteiger partial charge in [0.1, 0.15) is 11.8 Å². The molecule has 2 aromatic heterocycles. The molecular formula is C21H22N4O4. The van der Waals surface area contributed by atoms with E-state index >= 15 is 0 Å². The van der Waals surface area contributed by atoms with Gasteiger partial charge in [-0.1, -0.05) is 11.2 Å². The molecule has 4 rings (SSSR count). The number of rotatable bonds is 6. The lowest BCUT2D eigenvalue weighted by Gasteiger charge is -2.22. The first-order chi connectivity index (χ1) is 14.2. The van der Waals surface area contributed by atoms with Crippen molar-refractivity contribution >= 4 is 5.91 Å². The van der Waals surface area contributed by atoms with Gasteiger partial charge < -0.3 is 18.9 Å². The first-order valence-electron chi connectivity index (χ1n) is 9.58. The standard InChI is InChI=1S/C21H22N4O4/c1-3-28-19-16(9-5-11-22-19)18-23-20(29-24-18)17-10-6-12-25(17)21(26)14-7-4-8-15(13-14)27-2/h4-5,7-9,11,13,17H,3,6,10,12H2,1-2H3/t17-/m0/s1. The number of hydrogen-bond acceptors (Lipinski definition) is 7. The average molecular weight is 394 g/mol. The van der Waals surface area contributed by atoms with Gasteiger partial charge in [-0.05, 0) is 50.1 Å². The van der Waals surface area contributed by atoms with E-state index in [0.29, 0.717) is 47.6 Å². The maximum atomic E-state index is 13.1. The van der Waals surface area contributed by atoms with Crippen molar-refractivity contribution in [2.24, 2.45) is 0 Å². The van der Waals surface area contributed by atoms with E-state index in [-0.39, 0.29) is 11.9 Å². The van der Waals surface area contributed by atoms with E-state index in [0.717, 1.165) is 12.8 Å². The highest BCUT2D eigenvalue weighted by Crippen LogP contribution is 2.34. The highest BCUT2D eigenvalue weighted by molar-refractivity contribution is 5.95. The Labute approximate surface area is 168 Å². The Kier molecular flexibility index (Phi) is 5.41. The first-order valence-corrected chi connectivity index (χ1v) is 9.58. The predicted octanol–water partition coefficient (Wildman–Crippen LogP) is 3.52. The highest BCUT2D eigenvalue weighted by atomic mass is 16.5. The molecule has 0 unspecified atom stereocenters. The second-order valence-corrected chi connectivity index (χ2v) is 6.63. The fraction of sp³-hybridized carbons (Fsp3) is 0.333. The van der Waals surface area contributed by atoms with Crippen molar-refractivity contribution in [2.45, 2.75) is 25.8 Å². The number of nitrogens with zero attached hydrogens (tertiary/aromatic N) is 4. The average Bonchev–Trinajstić information content (AvgIpc) is 3.43. The van der Waals surface area contributed by atoms with Gasteiger partial charge in [-0.15, -0.1) is 0 Å². The van der Waals surface area contributed by atoms with Gasteiger partial charge in [0.05, 0.1) is 19.3 Å². The van der Waals surface area contributed by atoms with Crippen molar-refractivity contribution in [1.29, 1.82) is 0 Å². The number of benzene rings is 1. The molecule has 8 heteroatoms. The molecule has 3 aromatic rings. The van der Waals surface area contributed by atoms with E-state index in [2.05, 4.69) is 15.1 Å². The lowest BCUT2D eigenvalue weighted by molar-refractivity contribution is 0.0709. The monoisotopic (exact) mass is 394 g/mol. The summed E-state index contributed by atoms with van der Waals surface area (Å²) in [4.78, 5) is 23.6. The second-order valence-electron chi connectivity index (χ2n) is 6.63. The van der Waals surface area contributed by atoms with Gasteiger partial charge in [-0.3, -0.25) is 4.79 Å². The van der Waals surface area contributed by atoms with Gasteiger partial charge in [-0.2, -0.15) is 4.98 Å². The molecule has 0 radical (unpaired) electrons. The fourth-order valence-corrected chi connectivity index (χ4v) is 3.48. The van der Waals surface area contributed by atoms with Crippen LogP contribution in [0.1, 0.15) is 42.1 Å². The summed E-state index contributed by atoms with van der Waals surface area (Å²) in [5.41, 5.74) is 1.23.